The Hall–Kier alpha value is -1.30. The molecule has 1 N–H and O–H groups in total. The molecule has 2 aliphatic rings. The van der Waals surface area contributed by atoms with Crippen LogP contribution in [-0.4, -0.2) is 69.7 Å². The van der Waals surface area contributed by atoms with Crippen LogP contribution in [-0.2, 0) is 4.74 Å². The fraction of sp³-hybridized carbons (Fsp3) is 0.647. The number of rotatable bonds is 5. The summed E-state index contributed by atoms with van der Waals surface area (Å²) in [6.07, 6.45) is 1.15. The van der Waals surface area contributed by atoms with Crippen LogP contribution in [0.5, 0.6) is 5.75 Å². The quantitative estimate of drug-likeness (QED) is 0.886. The Bertz CT molecular complexity index is 468. The van der Waals surface area contributed by atoms with Gasteiger partial charge in [-0.1, -0.05) is 0 Å². The summed E-state index contributed by atoms with van der Waals surface area (Å²) in [4.78, 5) is 4.91. The Morgan fingerprint density at radius 3 is 2.50 bits per heavy atom. The van der Waals surface area contributed by atoms with Crippen molar-refractivity contribution in [3.8, 4) is 5.75 Å². The number of aliphatic hydroxyl groups is 1. The smallest absolute Gasteiger partial charge is 0.119 e. The summed E-state index contributed by atoms with van der Waals surface area (Å²) >= 11 is 0. The minimum Gasteiger partial charge on any atom is -0.497 e. The number of nitrogens with zero attached hydrogens (tertiary/aromatic N) is 2. The lowest BCUT2D eigenvalue weighted by molar-refractivity contribution is -0.147. The van der Waals surface area contributed by atoms with Crippen molar-refractivity contribution in [2.45, 2.75) is 6.42 Å². The average molecular weight is 306 g/mol. The normalized spacial score (nSPS) is 22.0. The van der Waals surface area contributed by atoms with E-state index in [0.29, 0.717) is 13.2 Å². The van der Waals surface area contributed by atoms with E-state index in [1.165, 1.54) is 5.69 Å². The fourth-order valence-corrected chi connectivity index (χ4v) is 3.28. The first kappa shape index (κ1) is 15.6. The van der Waals surface area contributed by atoms with Gasteiger partial charge in [0.25, 0.3) is 0 Å². The van der Waals surface area contributed by atoms with Gasteiger partial charge in [-0.15, -0.1) is 0 Å². The molecule has 2 aliphatic heterocycles. The molecule has 0 bridgehead atoms. The van der Waals surface area contributed by atoms with E-state index in [1.54, 1.807) is 7.11 Å². The lowest BCUT2D eigenvalue weighted by Crippen LogP contribution is -2.53. The van der Waals surface area contributed by atoms with Crippen LogP contribution in [0, 0.1) is 5.41 Å². The molecule has 2 saturated heterocycles. The Labute approximate surface area is 132 Å². The molecule has 0 amide bonds. The Kier molecular flexibility index (Phi) is 4.86. The van der Waals surface area contributed by atoms with E-state index in [4.69, 9.17) is 9.47 Å². The molecule has 0 saturated carbocycles. The van der Waals surface area contributed by atoms with Crippen LogP contribution in [0.4, 0.5) is 5.69 Å². The number of aliphatic hydroxyl groups excluding tert-OH is 1. The van der Waals surface area contributed by atoms with Crippen molar-refractivity contribution in [2.75, 3.05) is 64.6 Å². The second-order valence-electron chi connectivity index (χ2n) is 6.47. The number of anilines is 1. The molecule has 5 heteroatoms. The van der Waals surface area contributed by atoms with Gasteiger partial charge in [0.2, 0.25) is 0 Å². The van der Waals surface area contributed by atoms with E-state index in [2.05, 4.69) is 21.9 Å². The first-order valence-corrected chi connectivity index (χ1v) is 8.05. The molecule has 0 aliphatic carbocycles. The van der Waals surface area contributed by atoms with Crippen LogP contribution in [0.3, 0.4) is 0 Å². The maximum Gasteiger partial charge on any atom is 0.119 e. The van der Waals surface area contributed by atoms with Gasteiger partial charge >= 0.3 is 0 Å². The SMILES string of the molecule is COc1ccc(N2CCCN(CC3(CO)COC3)CC2)cc1. The van der Waals surface area contributed by atoms with Crippen LogP contribution in [0.15, 0.2) is 24.3 Å². The van der Waals surface area contributed by atoms with E-state index < -0.39 is 0 Å². The van der Waals surface area contributed by atoms with Crippen molar-refractivity contribution in [1.82, 2.24) is 4.90 Å². The van der Waals surface area contributed by atoms with Crippen molar-refractivity contribution in [2.24, 2.45) is 5.41 Å². The molecule has 0 unspecified atom stereocenters. The number of hydrogen-bond donors (Lipinski definition) is 1. The first-order valence-electron chi connectivity index (χ1n) is 8.05. The van der Waals surface area contributed by atoms with Gasteiger partial charge in [0.15, 0.2) is 0 Å². The summed E-state index contributed by atoms with van der Waals surface area (Å²) in [5, 5.41) is 9.59. The van der Waals surface area contributed by atoms with E-state index in [9.17, 15) is 5.11 Å². The summed E-state index contributed by atoms with van der Waals surface area (Å²) in [7, 11) is 1.69. The molecule has 22 heavy (non-hydrogen) atoms. The second kappa shape index (κ2) is 6.86. The highest BCUT2D eigenvalue weighted by atomic mass is 16.5. The highest BCUT2D eigenvalue weighted by Crippen LogP contribution is 2.28. The monoisotopic (exact) mass is 306 g/mol. The lowest BCUT2D eigenvalue weighted by atomic mass is 9.86. The van der Waals surface area contributed by atoms with Crippen molar-refractivity contribution in [1.29, 1.82) is 0 Å². The molecule has 0 radical (unpaired) electrons. The Morgan fingerprint density at radius 1 is 1.14 bits per heavy atom. The zero-order chi connectivity index (χ0) is 15.4. The predicted octanol–water partition coefficient (Wildman–Crippen LogP) is 1.22. The third-order valence-corrected chi connectivity index (χ3v) is 4.74. The lowest BCUT2D eigenvalue weighted by Gasteiger charge is -2.43. The fourth-order valence-electron chi connectivity index (χ4n) is 3.28. The van der Waals surface area contributed by atoms with Gasteiger partial charge < -0.3 is 24.4 Å². The van der Waals surface area contributed by atoms with Crippen molar-refractivity contribution in [3.63, 3.8) is 0 Å². The zero-order valence-corrected chi connectivity index (χ0v) is 13.3. The van der Waals surface area contributed by atoms with Gasteiger partial charge in [-0.25, -0.2) is 0 Å². The number of ether oxygens (including phenoxy) is 2. The van der Waals surface area contributed by atoms with E-state index in [0.717, 1.165) is 44.9 Å². The van der Waals surface area contributed by atoms with E-state index >= 15 is 0 Å². The highest BCUT2D eigenvalue weighted by molar-refractivity contribution is 5.49. The summed E-state index contributed by atoms with van der Waals surface area (Å²) in [6, 6.07) is 8.29. The van der Waals surface area contributed by atoms with Crippen LogP contribution in [0.1, 0.15) is 6.42 Å². The van der Waals surface area contributed by atoms with Gasteiger partial charge in [-0.2, -0.15) is 0 Å². The zero-order valence-electron chi connectivity index (χ0n) is 13.3. The van der Waals surface area contributed by atoms with Crippen molar-refractivity contribution >= 4 is 5.69 Å². The standard InChI is InChI=1S/C17H26N2O3/c1-21-16-5-3-15(4-6-16)19-8-2-7-18(9-10-19)11-17(12-20)13-22-14-17/h3-6,20H,2,7-14H2,1H3. The molecule has 2 heterocycles. The molecule has 0 spiro atoms. The minimum absolute atomic E-state index is 0.0186. The summed E-state index contributed by atoms with van der Waals surface area (Å²) in [6.45, 7) is 6.79. The molecule has 5 nitrogen and oxygen atoms in total. The maximum atomic E-state index is 9.59. The minimum atomic E-state index is -0.0186. The van der Waals surface area contributed by atoms with Crippen molar-refractivity contribution in [3.05, 3.63) is 24.3 Å². The van der Waals surface area contributed by atoms with Gasteiger partial charge in [0, 0.05) is 31.9 Å². The van der Waals surface area contributed by atoms with Gasteiger partial charge in [0.1, 0.15) is 5.75 Å². The van der Waals surface area contributed by atoms with Crippen LogP contribution < -0.4 is 9.64 Å². The third kappa shape index (κ3) is 3.37. The largest absolute Gasteiger partial charge is 0.497 e. The molecule has 1 aromatic carbocycles. The van der Waals surface area contributed by atoms with Crippen molar-refractivity contribution < 1.29 is 14.6 Å². The topological polar surface area (TPSA) is 45.2 Å². The molecule has 1 aromatic rings. The molecule has 0 aromatic heterocycles. The summed E-state index contributed by atoms with van der Waals surface area (Å²) < 4.78 is 10.5. The average Bonchev–Trinajstić information content (AvgIpc) is 2.76. The second-order valence-corrected chi connectivity index (χ2v) is 6.47. The number of methoxy groups -OCH3 is 1. The van der Waals surface area contributed by atoms with E-state index in [-0.39, 0.29) is 12.0 Å². The van der Waals surface area contributed by atoms with Gasteiger partial charge in [-0.3, -0.25) is 0 Å². The third-order valence-electron chi connectivity index (χ3n) is 4.74. The van der Waals surface area contributed by atoms with Crippen LogP contribution in [0.25, 0.3) is 0 Å². The highest BCUT2D eigenvalue weighted by Gasteiger charge is 2.39. The van der Waals surface area contributed by atoms with Crippen LogP contribution in [0.2, 0.25) is 0 Å². The molecule has 3 rings (SSSR count). The molecular weight excluding hydrogens is 280 g/mol. The Balaban J connectivity index is 1.57. The predicted molar refractivity (Wildman–Crippen MR) is 86.6 cm³/mol. The molecule has 0 atom stereocenters. The molecule has 122 valence electrons. The maximum absolute atomic E-state index is 9.59. The molecular formula is C17H26N2O3. The van der Waals surface area contributed by atoms with E-state index in [1.807, 2.05) is 12.1 Å². The number of benzene rings is 1. The first-order chi connectivity index (χ1) is 10.7. The Morgan fingerprint density at radius 2 is 1.91 bits per heavy atom. The summed E-state index contributed by atoms with van der Waals surface area (Å²) in [5.74, 6) is 0.898. The van der Waals surface area contributed by atoms with Gasteiger partial charge in [0.05, 0.1) is 32.3 Å². The van der Waals surface area contributed by atoms with Gasteiger partial charge in [-0.05, 0) is 37.2 Å². The van der Waals surface area contributed by atoms with Crippen LogP contribution >= 0.6 is 0 Å². The molecule has 2 fully saturated rings. The summed E-state index contributed by atoms with van der Waals surface area (Å²) in [5.41, 5.74) is 1.24. The number of hydrogen-bond acceptors (Lipinski definition) is 5.